The lowest BCUT2D eigenvalue weighted by molar-refractivity contribution is 0.474. The first-order valence-electron chi connectivity index (χ1n) is 3.92. The van der Waals surface area contributed by atoms with E-state index in [4.69, 9.17) is 17.3 Å². The zero-order chi connectivity index (χ0) is 8.97. The van der Waals surface area contributed by atoms with Crippen molar-refractivity contribution in [3.05, 3.63) is 28.8 Å². The van der Waals surface area contributed by atoms with E-state index in [1.807, 2.05) is 6.07 Å². The molecule has 0 spiro atoms. The van der Waals surface area contributed by atoms with Crippen LogP contribution < -0.4 is 5.73 Å². The smallest absolute Gasteiger partial charge is 0.134 e. The predicted molar refractivity (Wildman–Crippen MR) is 50.5 cm³/mol. The van der Waals surface area contributed by atoms with Crippen molar-refractivity contribution in [3.8, 4) is 5.75 Å². The molecule has 0 aromatic heterocycles. The first-order chi connectivity index (χ1) is 5.75. The molecule has 1 aromatic carbocycles. The number of hydrogen-bond acceptors (Lipinski definition) is 2. The van der Waals surface area contributed by atoms with Gasteiger partial charge in [-0.2, -0.15) is 0 Å². The number of benzene rings is 1. The number of aromatic hydroxyl groups is 1. The van der Waals surface area contributed by atoms with E-state index in [9.17, 15) is 5.11 Å². The molecule has 1 aromatic rings. The topological polar surface area (TPSA) is 46.2 Å². The molecule has 1 rings (SSSR count). The summed E-state index contributed by atoms with van der Waals surface area (Å²) in [7, 11) is 0. The summed E-state index contributed by atoms with van der Waals surface area (Å²) in [6, 6.07) is 5.26. The van der Waals surface area contributed by atoms with E-state index in [0.29, 0.717) is 11.6 Å². The van der Waals surface area contributed by atoms with Gasteiger partial charge in [0.25, 0.3) is 0 Å². The van der Waals surface area contributed by atoms with E-state index in [1.54, 1.807) is 12.1 Å². The highest BCUT2D eigenvalue weighted by molar-refractivity contribution is 6.32. The summed E-state index contributed by atoms with van der Waals surface area (Å²) in [6.45, 7) is 0.645. The Bertz CT molecular complexity index is 263. The molecule has 0 saturated heterocycles. The van der Waals surface area contributed by atoms with Gasteiger partial charge >= 0.3 is 0 Å². The molecular weight excluding hydrogens is 174 g/mol. The monoisotopic (exact) mass is 185 g/mol. The van der Waals surface area contributed by atoms with E-state index in [-0.39, 0.29) is 5.75 Å². The number of hydrogen-bond donors (Lipinski definition) is 2. The van der Waals surface area contributed by atoms with Crippen LogP contribution in [0, 0.1) is 0 Å². The van der Waals surface area contributed by atoms with Crippen LogP contribution in [0.25, 0.3) is 0 Å². The van der Waals surface area contributed by atoms with Gasteiger partial charge in [0.2, 0.25) is 0 Å². The molecule has 3 N–H and O–H groups in total. The average Bonchev–Trinajstić information content (AvgIpc) is 2.08. The number of phenols is 1. The van der Waals surface area contributed by atoms with Gasteiger partial charge in [-0.15, -0.1) is 0 Å². The second kappa shape index (κ2) is 4.33. The molecule has 0 radical (unpaired) electrons. The molecule has 66 valence electrons. The minimum Gasteiger partial charge on any atom is -0.506 e. The Morgan fingerprint density at radius 2 is 2.17 bits per heavy atom. The van der Waals surface area contributed by atoms with E-state index >= 15 is 0 Å². The molecule has 0 atom stereocenters. The maximum Gasteiger partial charge on any atom is 0.134 e. The summed E-state index contributed by atoms with van der Waals surface area (Å²) in [5.41, 5.74) is 6.32. The minimum absolute atomic E-state index is 0.145. The molecule has 0 amide bonds. The highest BCUT2D eigenvalue weighted by Crippen LogP contribution is 2.27. The van der Waals surface area contributed by atoms with Crippen molar-refractivity contribution >= 4 is 11.6 Å². The Morgan fingerprint density at radius 1 is 1.42 bits per heavy atom. The third kappa shape index (κ3) is 2.13. The molecular formula is C9H12ClNO. The molecule has 0 aliphatic carbocycles. The van der Waals surface area contributed by atoms with Crippen LogP contribution in [0.3, 0.4) is 0 Å². The van der Waals surface area contributed by atoms with Crippen LogP contribution in [-0.2, 0) is 6.42 Å². The number of aryl methyl sites for hydroxylation is 1. The van der Waals surface area contributed by atoms with Crippen molar-refractivity contribution in [2.24, 2.45) is 5.73 Å². The maximum atomic E-state index is 9.24. The van der Waals surface area contributed by atoms with Crippen molar-refractivity contribution in [1.82, 2.24) is 0 Å². The number of phenolic OH excluding ortho intramolecular Hbond substituents is 1. The Hall–Kier alpha value is -0.730. The second-order valence-electron chi connectivity index (χ2n) is 2.64. The van der Waals surface area contributed by atoms with Gasteiger partial charge in [-0.05, 0) is 31.0 Å². The fraction of sp³-hybridized carbons (Fsp3) is 0.333. The van der Waals surface area contributed by atoms with Crippen molar-refractivity contribution in [1.29, 1.82) is 0 Å². The first kappa shape index (κ1) is 9.36. The van der Waals surface area contributed by atoms with Crippen molar-refractivity contribution in [3.63, 3.8) is 0 Å². The Balaban J connectivity index is 2.78. The van der Waals surface area contributed by atoms with Crippen LogP contribution in [0.5, 0.6) is 5.75 Å². The Kier molecular flexibility index (Phi) is 3.38. The van der Waals surface area contributed by atoms with Gasteiger partial charge in [0.05, 0.1) is 5.02 Å². The van der Waals surface area contributed by atoms with Crippen LogP contribution in [-0.4, -0.2) is 11.7 Å². The Morgan fingerprint density at radius 3 is 2.83 bits per heavy atom. The lowest BCUT2D eigenvalue weighted by atomic mass is 10.1. The summed E-state index contributed by atoms with van der Waals surface area (Å²) < 4.78 is 0. The van der Waals surface area contributed by atoms with Gasteiger partial charge in [0.1, 0.15) is 5.75 Å². The molecule has 0 saturated carbocycles. The van der Waals surface area contributed by atoms with Crippen LogP contribution in [0.2, 0.25) is 5.02 Å². The second-order valence-corrected chi connectivity index (χ2v) is 3.02. The van der Waals surface area contributed by atoms with Crippen LogP contribution >= 0.6 is 11.6 Å². The molecule has 12 heavy (non-hydrogen) atoms. The fourth-order valence-electron chi connectivity index (χ4n) is 1.05. The largest absolute Gasteiger partial charge is 0.506 e. The van der Waals surface area contributed by atoms with Gasteiger partial charge in [0.15, 0.2) is 0 Å². The highest BCUT2D eigenvalue weighted by atomic mass is 35.5. The SMILES string of the molecule is NCCCc1cccc(O)c1Cl. The molecule has 2 nitrogen and oxygen atoms in total. The Labute approximate surface area is 77.0 Å². The lowest BCUT2D eigenvalue weighted by Crippen LogP contribution is -2.00. The van der Waals surface area contributed by atoms with Gasteiger partial charge in [0, 0.05) is 0 Å². The fourth-order valence-corrected chi connectivity index (χ4v) is 1.27. The van der Waals surface area contributed by atoms with E-state index in [2.05, 4.69) is 0 Å². The number of nitrogens with two attached hydrogens (primary N) is 1. The molecule has 0 bridgehead atoms. The molecule has 0 aliphatic heterocycles. The van der Waals surface area contributed by atoms with Gasteiger partial charge in [-0.3, -0.25) is 0 Å². The molecule has 0 fully saturated rings. The quantitative estimate of drug-likeness (QED) is 0.756. The van der Waals surface area contributed by atoms with Crippen LogP contribution in [0.1, 0.15) is 12.0 Å². The van der Waals surface area contributed by atoms with E-state index in [0.717, 1.165) is 18.4 Å². The summed E-state index contributed by atoms with van der Waals surface area (Å²) in [5.74, 6) is 0.145. The lowest BCUT2D eigenvalue weighted by Gasteiger charge is -2.03. The standard InChI is InChI=1S/C9H12ClNO/c10-9-7(4-2-6-11)3-1-5-8(9)12/h1,3,5,12H,2,4,6,11H2. The molecule has 0 unspecified atom stereocenters. The molecule has 0 aliphatic rings. The number of halogens is 1. The van der Waals surface area contributed by atoms with Gasteiger partial charge in [-0.25, -0.2) is 0 Å². The first-order valence-corrected chi connectivity index (χ1v) is 4.30. The third-order valence-corrected chi connectivity index (χ3v) is 2.14. The molecule has 3 heteroatoms. The zero-order valence-electron chi connectivity index (χ0n) is 6.76. The average molecular weight is 186 g/mol. The van der Waals surface area contributed by atoms with Crippen molar-refractivity contribution < 1.29 is 5.11 Å². The van der Waals surface area contributed by atoms with Crippen molar-refractivity contribution in [2.45, 2.75) is 12.8 Å². The van der Waals surface area contributed by atoms with Crippen LogP contribution in [0.15, 0.2) is 18.2 Å². The van der Waals surface area contributed by atoms with Crippen LogP contribution in [0.4, 0.5) is 0 Å². The predicted octanol–water partition coefficient (Wildman–Crippen LogP) is 1.94. The summed E-state index contributed by atoms with van der Waals surface area (Å²) in [4.78, 5) is 0. The highest BCUT2D eigenvalue weighted by Gasteiger charge is 2.03. The summed E-state index contributed by atoms with van der Waals surface area (Å²) in [6.07, 6.45) is 1.72. The van der Waals surface area contributed by atoms with Crippen molar-refractivity contribution in [2.75, 3.05) is 6.54 Å². The zero-order valence-corrected chi connectivity index (χ0v) is 7.51. The van der Waals surface area contributed by atoms with E-state index in [1.165, 1.54) is 0 Å². The van der Waals surface area contributed by atoms with E-state index < -0.39 is 0 Å². The summed E-state index contributed by atoms with van der Waals surface area (Å²) >= 11 is 5.84. The summed E-state index contributed by atoms with van der Waals surface area (Å²) in [5, 5.41) is 9.69. The maximum absolute atomic E-state index is 9.24. The minimum atomic E-state index is 0.145. The third-order valence-electron chi connectivity index (χ3n) is 1.71. The number of rotatable bonds is 3. The van der Waals surface area contributed by atoms with Gasteiger partial charge < -0.3 is 10.8 Å². The van der Waals surface area contributed by atoms with Gasteiger partial charge in [-0.1, -0.05) is 23.7 Å². The molecule has 0 heterocycles. The normalized spacial score (nSPS) is 10.2.